The highest BCUT2D eigenvalue weighted by molar-refractivity contribution is 6.33. The summed E-state index contributed by atoms with van der Waals surface area (Å²) in [4.78, 5) is 12.4. The Morgan fingerprint density at radius 1 is 1.00 bits per heavy atom. The van der Waals surface area contributed by atoms with E-state index in [2.05, 4.69) is 30.3 Å². The molecule has 22 heavy (non-hydrogen) atoms. The topological polar surface area (TPSA) is 17.1 Å². The minimum absolute atomic E-state index is 0.0244. The van der Waals surface area contributed by atoms with E-state index in [-0.39, 0.29) is 11.7 Å². The van der Waals surface area contributed by atoms with E-state index in [1.54, 1.807) is 0 Å². The Hall–Kier alpha value is -1.86. The molecule has 2 heteroatoms. The van der Waals surface area contributed by atoms with Gasteiger partial charge in [-0.3, -0.25) is 4.79 Å². The van der Waals surface area contributed by atoms with Crippen molar-refractivity contribution in [3.05, 3.63) is 59.2 Å². The molecule has 110 valence electrons. The van der Waals surface area contributed by atoms with Crippen molar-refractivity contribution in [2.45, 2.75) is 25.7 Å². The van der Waals surface area contributed by atoms with Crippen molar-refractivity contribution in [2.75, 3.05) is 5.88 Å². The number of rotatable bonds is 2. The minimum Gasteiger partial charge on any atom is -0.293 e. The smallest absolute Gasteiger partial charge is 0.178 e. The SMILES string of the molecule is O=C(CCl)c1cc2ccccc2c2ccc3c(c12)CCCC3. The van der Waals surface area contributed by atoms with E-state index in [9.17, 15) is 4.79 Å². The van der Waals surface area contributed by atoms with Gasteiger partial charge in [0.05, 0.1) is 5.88 Å². The van der Waals surface area contributed by atoms with Crippen LogP contribution in [0.5, 0.6) is 0 Å². The Labute approximate surface area is 134 Å². The van der Waals surface area contributed by atoms with Gasteiger partial charge in [-0.2, -0.15) is 0 Å². The average Bonchev–Trinajstić information content (AvgIpc) is 2.59. The minimum atomic E-state index is 0.0244. The lowest BCUT2D eigenvalue weighted by Gasteiger charge is -2.20. The summed E-state index contributed by atoms with van der Waals surface area (Å²) in [6.07, 6.45) is 4.62. The second kappa shape index (κ2) is 5.40. The van der Waals surface area contributed by atoms with Crippen molar-refractivity contribution in [1.82, 2.24) is 0 Å². The van der Waals surface area contributed by atoms with Gasteiger partial charge >= 0.3 is 0 Å². The quantitative estimate of drug-likeness (QED) is 0.357. The fourth-order valence-electron chi connectivity index (χ4n) is 3.75. The summed E-state index contributed by atoms with van der Waals surface area (Å²) in [5, 5.41) is 4.66. The molecule has 3 aromatic carbocycles. The van der Waals surface area contributed by atoms with Crippen molar-refractivity contribution < 1.29 is 4.79 Å². The van der Waals surface area contributed by atoms with E-state index in [0.717, 1.165) is 29.2 Å². The zero-order chi connectivity index (χ0) is 15.1. The summed E-state index contributed by atoms with van der Waals surface area (Å²) in [5.74, 6) is 0.0632. The number of alkyl halides is 1. The maximum absolute atomic E-state index is 12.4. The Kier molecular flexibility index (Phi) is 3.38. The van der Waals surface area contributed by atoms with E-state index in [4.69, 9.17) is 11.6 Å². The average molecular weight is 309 g/mol. The fourth-order valence-corrected chi connectivity index (χ4v) is 3.89. The number of aryl methyl sites for hydroxylation is 2. The second-order valence-electron chi connectivity index (χ2n) is 6.03. The summed E-state index contributed by atoms with van der Waals surface area (Å²) in [7, 11) is 0. The predicted octanol–water partition coefficient (Wildman–Crippen LogP) is 5.29. The van der Waals surface area contributed by atoms with Gasteiger partial charge in [0.2, 0.25) is 0 Å². The van der Waals surface area contributed by atoms with Crippen LogP contribution in [0.4, 0.5) is 0 Å². The van der Waals surface area contributed by atoms with Crippen LogP contribution < -0.4 is 0 Å². The largest absolute Gasteiger partial charge is 0.293 e. The van der Waals surface area contributed by atoms with Gasteiger partial charge in [0.15, 0.2) is 5.78 Å². The Balaban J connectivity index is 2.19. The molecule has 0 N–H and O–H groups in total. The summed E-state index contributed by atoms with van der Waals surface area (Å²) < 4.78 is 0. The first-order valence-electron chi connectivity index (χ1n) is 7.85. The molecule has 0 heterocycles. The first-order valence-corrected chi connectivity index (χ1v) is 8.38. The molecule has 0 saturated heterocycles. The lowest BCUT2D eigenvalue weighted by atomic mass is 9.84. The molecule has 1 aliphatic carbocycles. The number of ketones is 1. The molecule has 0 amide bonds. The van der Waals surface area contributed by atoms with Crippen molar-refractivity contribution in [3.8, 4) is 0 Å². The molecule has 0 unspecified atom stereocenters. The van der Waals surface area contributed by atoms with Gasteiger partial charge in [-0.05, 0) is 64.4 Å². The van der Waals surface area contributed by atoms with Crippen molar-refractivity contribution in [1.29, 1.82) is 0 Å². The number of hydrogen-bond acceptors (Lipinski definition) is 1. The molecule has 0 saturated carbocycles. The highest BCUT2D eigenvalue weighted by Crippen LogP contribution is 2.36. The van der Waals surface area contributed by atoms with Crippen molar-refractivity contribution >= 4 is 38.9 Å². The van der Waals surface area contributed by atoms with Gasteiger partial charge < -0.3 is 0 Å². The molecule has 4 rings (SSSR count). The fraction of sp³-hybridized carbons (Fsp3) is 0.250. The van der Waals surface area contributed by atoms with E-state index < -0.39 is 0 Å². The third kappa shape index (κ3) is 2.04. The maximum atomic E-state index is 12.4. The Bertz CT molecular complexity index is 895. The van der Waals surface area contributed by atoms with Gasteiger partial charge in [0.25, 0.3) is 0 Å². The van der Waals surface area contributed by atoms with Crippen LogP contribution in [0.3, 0.4) is 0 Å². The molecular formula is C20H17ClO. The molecule has 0 aliphatic heterocycles. The standard InChI is InChI=1S/C20H17ClO/c21-12-19(22)18-11-14-6-2-3-7-15(14)17-10-9-13-5-1-4-8-16(13)20(17)18/h2-3,6-7,9-11H,1,4-5,8,12H2. The van der Waals surface area contributed by atoms with Crippen molar-refractivity contribution in [3.63, 3.8) is 0 Å². The van der Waals surface area contributed by atoms with Crippen LogP contribution in [0.25, 0.3) is 21.5 Å². The molecule has 0 bridgehead atoms. The van der Waals surface area contributed by atoms with Gasteiger partial charge in [-0.25, -0.2) is 0 Å². The molecule has 0 aromatic heterocycles. The summed E-state index contributed by atoms with van der Waals surface area (Å²) >= 11 is 5.87. The number of Topliss-reactive ketones (excluding diaryl/α,β-unsaturated/α-hetero) is 1. The molecule has 0 atom stereocenters. The van der Waals surface area contributed by atoms with Crippen LogP contribution in [0.2, 0.25) is 0 Å². The van der Waals surface area contributed by atoms with Gasteiger partial charge in [0, 0.05) is 5.56 Å². The number of carbonyl (C=O) groups excluding carboxylic acids is 1. The molecule has 1 aliphatic rings. The first-order chi connectivity index (χ1) is 10.8. The zero-order valence-corrected chi connectivity index (χ0v) is 13.1. The zero-order valence-electron chi connectivity index (χ0n) is 12.4. The lowest BCUT2D eigenvalue weighted by molar-refractivity contribution is 0.102. The van der Waals surface area contributed by atoms with Crippen molar-refractivity contribution in [2.24, 2.45) is 0 Å². The third-order valence-electron chi connectivity index (χ3n) is 4.77. The molecule has 1 nitrogen and oxygen atoms in total. The highest BCUT2D eigenvalue weighted by Gasteiger charge is 2.19. The molecule has 0 spiro atoms. The number of carbonyl (C=O) groups is 1. The van der Waals surface area contributed by atoms with Gasteiger partial charge in [-0.1, -0.05) is 36.4 Å². The highest BCUT2D eigenvalue weighted by atomic mass is 35.5. The number of fused-ring (bicyclic) bond motifs is 5. The second-order valence-corrected chi connectivity index (χ2v) is 6.30. The van der Waals surface area contributed by atoms with E-state index >= 15 is 0 Å². The van der Waals surface area contributed by atoms with Crippen LogP contribution in [-0.4, -0.2) is 11.7 Å². The van der Waals surface area contributed by atoms with Crippen LogP contribution >= 0.6 is 11.6 Å². The van der Waals surface area contributed by atoms with Crippen LogP contribution in [0.15, 0.2) is 42.5 Å². The van der Waals surface area contributed by atoms with E-state index in [1.165, 1.54) is 34.7 Å². The maximum Gasteiger partial charge on any atom is 0.178 e. The monoisotopic (exact) mass is 308 g/mol. The number of benzene rings is 3. The summed E-state index contributed by atoms with van der Waals surface area (Å²) in [5.41, 5.74) is 3.56. The molecular weight excluding hydrogens is 292 g/mol. The third-order valence-corrected chi connectivity index (χ3v) is 5.02. The van der Waals surface area contributed by atoms with E-state index in [1.807, 2.05) is 12.1 Å². The van der Waals surface area contributed by atoms with Gasteiger partial charge in [-0.15, -0.1) is 11.6 Å². The van der Waals surface area contributed by atoms with Crippen LogP contribution in [0, 0.1) is 0 Å². The van der Waals surface area contributed by atoms with Crippen LogP contribution in [0.1, 0.15) is 34.3 Å². The lowest BCUT2D eigenvalue weighted by Crippen LogP contribution is -2.08. The molecule has 0 fully saturated rings. The molecule has 3 aromatic rings. The Morgan fingerprint density at radius 2 is 1.82 bits per heavy atom. The predicted molar refractivity (Wildman–Crippen MR) is 93.1 cm³/mol. The number of halogens is 1. The van der Waals surface area contributed by atoms with E-state index in [0.29, 0.717) is 0 Å². The Morgan fingerprint density at radius 3 is 2.68 bits per heavy atom. The number of hydrogen-bond donors (Lipinski definition) is 0. The first kappa shape index (κ1) is 13.8. The van der Waals surface area contributed by atoms with Crippen LogP contribution in [-0.2, 0) is 12.8 Å². The molecule has 0 radical (unpaired) electrons. The van der Waals surface area contributed by atoms with Gasteiger partial charge in [0.1, 0.15) is 0 Å². The normalized spacial score (nSPS) is 14.2. The summed E-state index contributed by atoms with van der Waals surface area (Å²) in [6, 6.07) is 14.7. The summed E-state index contributed by atoms with van der Waals surface area (Å²) in [6.45, 7) is 0.